The maximum absolute atomic E-state index is 5.73. The van der Waals surface area contributed by atoms with E-state index in [1.54, 1.807) is 0 Å². The summed E-state index contributed by atoms with van der Waals surface area (Å²) in [6.07, 6.45) is 3.69. The highest BCUT2D eigenvalue weighted by molar-refractivity contribution is 5.14. The Morgan fingerprint density at radius 3 is 2.50 bits per heavy atom. The normalized spacial score (nSPS) is 14.4. The molecule has 0 amide bonds. The molecule has 0 bridgehead atoms. The van der Waals surface area contributed by atoms with Gasteiger partial charge in [-0.2, -0.15) is 0 Å². The lowest BCUT2D eigenvalue weighted by Gasteiger charge is -2.25. The van der Waals surface area contributed by atoms with E-state index in [0.717, 1.165) is 26.0 Å². The third-order valence-corrected chi connectivity index (χ3v) is 3.24. The summed E-state index contributed by atoms with van der Waals surface area (Å²) in [5.74, 6) is 0. The summed E-state index contributed by atoms with van der Waals surface area (Å²) in [7, 11) is 0. The molecule has 1 rings (SSSR count). The Kier molecular flexibility index (Phi) is 7.70. The number of hydrogen-bond acceptors (Lipinski definition) is 2. The molecule has 0 saturated heterocycles. The van der Waals surface area contributed by atoms with Gasteiger partial charge in [0.1, 0.15) is 0 Å². The van der Waals surface area contributed by atoms with Crippen molar-refractivity contribution in [3.63, 3.8) is 0 Å². The predicted octanol–water partition coefficient (Wildman–Crippen LogP) is 3.41. The zero-order valence-electron chi connectivity index (χ0n) is 12.0. The first-order valence-electron chi connectivity index (χ1n) is 7.16. The topological polar surface area (TPSA) is 21.3 Å². The maximum atomic E-state index is 5.73. The van der Waals surface area contributed by atoms with Crippen LogP contribution in [0.15, 0.2) is 30.3 Å². The van der Waals surface area contributed by atoms with Crippen LogP contribution in [0.4, 0.5) is 0 Å². The number of hydrogen-bond donors (Lipinski definition) is 1. The van der Waals surface area contributed by atoms with Crippen molar-refractivity contribution < 1.29 is 4.74 Å². The summed E-state index contributed by atoms with van der Waals surface area (Å²) in [4.78, 5) is 0. The van der Waals surface area contributed by atoms with E-state index in [1.807, 2.05) is 0 Å². The second-order valence-corrected chi connectivity index (χ2v) is 4.75. The molecule has 2 heteroatoms. The van der Waals surface area contributed by atoms with E-state index in [2.05, 4.69) is 56.4 Å². The molecule has 0 saturated carbocycles. The summed E-state index contributed by atoms with van der Waals surface area (Å²) in [6, 6.07) is 11.1. The fourth-order valence-electron chi connectivity index (χ4n) is 2.18. The fourth-order valence-corrected chi connectivity index (χ4v) is 2.18. The van der Waals surface area contributed by atoms with Gasteiger partial charge in [0.2, 0.25) is 0 Å². The van der Waals surface area contributed by atoms with E-state index in [1.165, 1.54) is 12.0 Å². The van der Waals surface area contributed by atoms with Crippen molar-refractivity contribution in [3.8, 4) is 0 Å². The van der Waals surface area contributed by atoms with E-state index >= 15 is 0 Å². The Hall–Kier alpha value is -0.860. The summed E-state index contributed by atoms with van der Waals surface area (Å²) in [5.41, 5.74) is 1.41. The van der Waals surface area contributed by atoms with Crippen LogP contribution in [-0.2, 0) is 11.2 Å². The largest absolute Gasteiger partial charge is 0.377 e. The Labute approximate surface area is 112 Å². The van der Waals surface area contributed by atoms with Crippen LogP contribution >= 0.6 is 0 Å². The van der Waals surface area contributed by atoms with E-state index in [9.17, 15) is 0 Å². The number of rotatable bonds is 9. The molecular weight excluding hydrogens is 222 g/mol. The highest BCUT2D eigenvalue weighted by Crippen LogP contribution is 2.09. The van der Waals surface area contributed by atoms with E-state index in [4.69, 9.17) is 4.74 Å². The van der Waals surface area contributed by atoms with Crippen molar-refractivity contribution in [1.82, 2.24) is 5.32 Å². The molecule has 2 unspecified atom stereocenters. The van der Waals surface area contributed by atoms with Crippen LogP contribution in [0, 0.1) is 0 Å². The average molecular weight is 249 g/mol. The van der Waals surface area contributed by atoms with E-state index in [-0.39, 0.29) is 6.10 Å². The summed E-state index contributed by atoms with van der Waals surface area (Å²) in [5, 5.41) is 3.60. The van der Waals surface area contributed by atoms with Crippen molar-refractivity contribution in [1.29, 1.82) is 0 Å². The van der Waals surface area contributed by atoms with Crippen LogP contribution in [0.25, 0.3) is 0 Å². The van der Waals surface area contributed by atoms with Gasteiger partial charge >= 0.3 is 0 Å². The molecule has 1 aromatic carbocycles. The van der Waals surface area contributed by atoms with Gasteiger partial charge in [0, 0.05) is 12.6 Å². The molecule has 1 N–H and O–H groups in total. The average Bonchev–Trinajstić information content (AvgIpc) is 2.40. The number of aryl methyl sites for hydroxylation is 1. The summed E-state index contributed by atoms with van der Waals surface area (Å²) >= 11 is 0. The van der Waals surface area contributed by atoms with Crippen LogP contribution in [0.1, 0.15) is 39.2 Å². The summed E-state index contributed by atoms with van der Waals surface area (Å²) in [6.45, 7) is 8.28. The first-order chi connectivity index (χ1) is 8.77. The van der Waals surface area contributed by atoms with Crippen LogP contribution in [0.5, 0.6) is 0 Å². The smallest absolute Gasteiger partial charge is 0.0699 e. The zero-order valence-corrected chi connectivity index (χ0v) is 12.0. The predicted molar refractivity (Wildman–Crippen MR) is 77.9 cm³/mol. The van der Waals surface area contributed by atoms with E-state index in [0.29, 0.717) is 6.04 Å². The van der Waals surface area contributed by atoms with Crippen molar-refractivity contribution in [3.05, 3.63) is 35.9 Å². The van der Waals surface area contributed by atoms with Crippen molar-refractivity contribution in [2.75, 3.05) is 13.2 Å². The van der Waals surface area contributed by atoms with Gasteiger partial charge in [-0.05, 0) is 45.2 Å². The number of benzene rings is 1. The standard InChI is InChI=1S/C16H27NO/c1-4-13-17-16(14(3)18-5-2)12-11-15-9-7-6-8-10-15/h6-10,14,16-17H,4-5,11-13H2,1-3H3. The molecule has 0 fully saturated rings. The van der Waals surface area contributed by atoms with Gasteiger partial charge < -0.3 is 10.1 Å². The third-order valence-electron chi connectivity index (χ3n) is 3.24. The van der Waals surface area contributed by atoms with Crippen LogP contribution < -0.4 is 5.32 Å². The second-order valence-electron chi connectivity index (χ2n) is 4.75. The van der Waals surface area contributed by atoms with Gasteiger partial charge in [-0.25, -0.2) is 0 Å². The molecule has 2 atom stereocenters. The fraction of sp³-hybridized carbons (Fsp3) is 0.625. The Balaban J connectivity index is 2.44. The van der Waals surface area contributed by atoms with Gasteiger partial charge in [0.05, 0.1) is 6.10 Å². The van der Waals surface area contributed by atoms with Crippen LogP contribution in [-0.4, -0.2) is 25.3 Å². The van der Waals surface area contributed by atoms with Gasteiger partial charge in [-0.3, -0.25) is 0 Å². The van der Waals surface area contributed by atoms with Gasteiger partial charge in [-0.15, -0.1) is 0 Å². The highest BCUT2D eigenvalue weighted by atomic mass is 16.5. The lowest BCUT2D eigenvalue weighted by Crippen LogP contribution is -2.40. The molecule has 102 valence electrons. The first kappa shape index (κ1) is 15.2. The molecule has 18 heavy (non-hydrogen) atoms. The number of ether oxygens (including phenoxy) is 1. The Morgan fingerprint density at radius 2 is 1.89 bits per heavy atom. The zero-order chi connectivity index (χ0) is 13.2. The molecule has 0 spiro atoms. The minimum absolute atomic E-state index is 0.283. The third kappa shape index (κ3) is 5.65. The molecule has 0 radical (unpaired) electrons. The second kappa shape index (κ2) is 9.12. The molecular formula is C16H27NO. The van der Waals surface area contributed by atoms with E-state index < -0.39 is 0 Å². The lowest BCUT2D eigenvalue weighted by atomic mass is 10.0. The quantitative estimate of drug-likeness (QED) is 0.724. The molecule has 0 aromatic heterocycles. The first-order valence-corrected chi connectivity index (χ1v) is 7.16. The SMILES string of the molecule is CCCNC(CCc1ccccc1)C(C)OCC. The van der Waals surface area contributed by atoms with Crippen molar-refractivity contribution in [2.24, 2.45) is 0 Å². The van der Waals surface area contributed by atoms with Crippen LogP contribution in [0.2, 0.25) is 0 Å². The van der Waals surface area contributed by atoms with Crippen LogP contribution in [0.3, 0.4) is 0 Å². The molecule has 1 aromatic rings. The summed E-state index contributed by atoms with van der Waals surface area (Å²) < 4.78 is 5.73. The maximum Gasteiger partial charge on any atom is 0.0699 e. The molecule has 2 nitrogen and oxygen atoms in total. The molecule has 0 aliphatic carbocycles. The van der Waals surface area contributed by atoms with Gasteiger partial charge in [-0.1, -0.05) is 37.3 Å². The van der Waals surface area contributed by atoms with Gasteiger partial charge in [0.15, 0.2) is 0 Å². The molecule has 0 heterocycles. The molecule has 0 aliphatic heterocycles. The van der Waals surface area contributed by atoms with Crippen molar-refractivity contribution in [2.45, 2.75) is 52.2 Å². The monoisotopic (exact) mass is 249 g/mol. The minimum atomic E-state index is 0.283. The minimum Gasteiger partial charge on any atom is -0.377 e. The number of nitrogens with one attached hydrogen (secondary N) is 1. The lowest BCUT2D eigenvalue weighted by molar-refractivity contribution is 0.0453. The Morgan fingerprint density at radius 1 is 1.17 bits per heavy atom. The highest BCUT2D eigenvalue weighted by Gasteiger charge is 2.16. The molecule has 0 aliphatic rings. The van der Waals surface area contributed by atoms with Gasteiger partial charge in [0.25, 0.3) is 0 Å². The van der Waals surface area contributed by atoms with Crippen molar-refractivity contribution >= 4 is 0 Å². The Bertz CT molecular complexity index is 299.